The van der Waals surface area contributed by atoms with Crippen LogP contribution in [0.4, 0.5) is 0 Å². The zero-order chi connectivity index (χ0) is 10.7. The molecule has 2 aromatic rings. The predicted octanol–water partition coefficient (Wildman–Crippen LogP) is 2.79. The molecule has 0 saturated carbocycles. The van der Waals surface area contributed by atoms with Gasteiger partial charge in [-0.05, 0) is 0 Å². The lowest BCUT2D eigenvalue weighted by atomic mass is 10.4. The van der Waals surface area contributed by atoms with E-state index in [2.05, 4.69) is 8.93 Å². The van der Waals surface area contributed by atoms with Crippen molar-refractivity contribution in [3.8, 4) is 0 Å². The quantitative estimate of drug-likeness (QED) is 0.730. The molecule has 0 bridgehead atoms. The SMILES string of the molecule is O=P(P)(c1ccccc1)c1ccccc1. The minimum absolute atomic E-state index is 0.876. The van der Waals surface area contributed by atoms with Gasteiger partial charge in [-0.1, -0.05) is 69.6 Å². The lowest BCUT2D eigenvalue weighted by Gasteiger charge is -2.12. The van der Waals surface area contributed by atoms with Gasteiger partial charge in [0.2, 0.25) is 0 Å². The molecule has 1 unspecified atom stereocenters. The van der Waals surface area contributed by atoms with E-state index in [-0.39, 0.29) is 0 Å². The van der Waals surface area contributed by atoms with Gasteiger partial charge in [-0.2, -0.15) is 0 Å². The second-order valence-electron chi connectivity index (χ2n) is 3.33. The van der Waals surface area contributed by atoms with Crippen molar-refractivity contribution in [2.24, 2.45) is 0 Å². The molecule has 0 aliphatic heterocycles. The Bertz CT molecular complexity index is 436. The molecular formula is C12H12OP2. The molecule has 0 aliphatic carbocycles. The zero-order valence-corrected chi connectivity index (χ0v) is 10.3. The van der Waals surface area contributed by atoms with Gasteiger partial charge in [-0.3, -0.25) is 0 Å². The van der Waals surface area contributed by atoms with Crippen LogP contribution in [0.1, 0.15) is 0 Å². The molecule has 0 amide bonds. The summed E-state index contributed by atoms with van der Waals surface area (Å²) in [4.78, 5) is 0. The third-order valence-electron chi connectivity index (χ3n) is 2.28. The zero-order valence-electron chi connectivity index (χ0n) is 8.21. The highest BCUT2D eigenvalue weighted by Crippen LogP contribution is 2.51. The van der Waals surface area contributed by atoms with Crippen LogP contribution in [0.15, 0.2) is 60.7 Å². The number of hydrogen-bond acceptors (Lipinski definition) is 1. The van der Waals surface area contributed by atoms with Crippen LogP contribution in [-0.2, 0) is 4.57 Å². The van der Waals surface area contributed by atoms with Crippen LogP contribution in [0, 0.1) is 0 Å². The molecule has 0 radical (unpaired) electrons. The van der Waals surface area contributed by atoms with Gasteiger partial charge in [-0.15, -0.1) is 0 Å². The van der Waals surface area contributed by atoms with Crippen molar-refractivity contribution < 1.29 is 4.57 Å². The fraction of sp³-hybridized carbons (Fsp3) is 0. The Morgan fingerprint density at radius 3 is 1.40 bits per heavy atom. The minimum Gasteiger partial charge on any atom is -0.310 e. The molecule has 0 aromatic heterocycles. The summed E-state index contributed by atoms with van der Waals surface area (Å²) in [7, 11) is 2.50. The fourth-order valence-corrected chi connectivity index (χ4v) is 4.01. The maximum absolute atomic E-state index is 12.6. The fourth-order valence-electron chi connectivity index (χ4n) is 1.45. The topological polar surface area (TPSA) is 17.1 Å². The summed E-state index contributed by atoms with van der Waals surface area (Å²) in [6, 6.07) is 19.1. The average molecular weight is 234 g/mol. The Hall–Kier alpha value is -0.900. The molecule has 0 spiro atoms. The lowest BCUT2D eigenvalue weighted by molar-refractivity contribution is 0.595. The van der Waals surface area contributed by atoms with Crippen LogP contribution in [0.5, 0.6) is 0 Å². The van der Waals surface area contributed by atoms with E-state index in [0.717, 1.165) is 10.6 Å². The normalized spacial score (nSPS) is 11.3. The van der Waals surface area contributed by atoms with Crippen LogP contribution in [0.2, 0.25) is 0 Å². The van der Waals surface area contributed by atoms with E-state index >= 15 is 0 Å². The van der Waals surface area contributed by atoms with Gasteiger partial charge in [0.15, 0.2) is 6.83 Å². The molecule has 1 atom stereocenters. The van der Waals surface area contributed by atoms with E-state index in [1.54, 1.807) is 0 Å². The molecule has 0 heterocycles. The number of rotatable bonds is 2. The monoisotopic (exact) mass is 234 g/mol. The second-order valence-corrected chi connectivity index (χ2v) is 7.86. The summed E-state index contributed by atoms with van der Waals surface area (Å²) in [6.07, 6.45) is 0. The van der Waals surface area contributed by atoms with Gasteiger partial charge in [0, 0.05) is 10.6 Å². The molecule has 3 heteroatoms. The van der Waals surface area contributed by atoms with E-state index in [4.69, 9.17) is 0 Å². The van der Waals surface area contributed by atoms with Gasteiger partial charge in [0.25, 0.3) is 0 Å². The second kappa shape index (κ2) is 4.31. The molecule has 0 saturated heterocycles. The van der Waals surface area contributed by atoms with Crippen LogP contribution < -0.4 is 10.6 Å². The smallest absolute Gasteiger partial charge is 0.156 e. The first-order valence-electron chi connectivity index (χ1n) is 4.71. The summed E-state index contributed by atoms with van der Waals surface area (Å²) in [6.45, 7) is -2.48. The summed E-state index contributed by atoms with van der Waals surface area (Å²) in [5.41, 5.74) is 0. The summed E-state index contributed by atoms with van der Waals surface area (Å²) < 4.78 is 12.6. The molecule has 76 valence electrons. The highest BCUT2D eigenvalue weighted by molar-refractivity contribution is 8.25. The van der Waals surface area contributed by atoms with Gasteiger partial charge >= 0.3 is 0 Å². The van der Waals surface area contributed by atoms with Gasteiger partial charge in [0.05, 0.1) is 0 Å². The summed E-state index contributed by atoms with van der Waals surface area (Å²) in [5.74, 6) is 0. The Labute approximate surface area is 92.0 Å². The Morgan fingerprint density at radius 1 is 0.733 bits per heavy atom. The molecular weight excluding hydrogens is 222 g/mol. The molecule has 15 heavy (non-hydrogen) atoms. The third-order valence-corrected chi connectivity index (χ3v) is 6.20. The first-order chi connectivity index (χ1) is 7.21. The maximum Gasteiger partial charge on any atom is 0.156 e. The van der Waals surface area contributed by atoms with Crippen LogP contribution in [0.25, 0.3) is 0 Å². The van der Waals surface area contributed by atoms with E-state index in [1.165, 1.54) is 0 Å². The van der Waals surface area contributed by atoms with Crippen molar-refractivity contribution in [1.82, 2.24) is 0 Å². The maximum atomic E-state index is 12.6. The standard InChI is InChI=1S/C12H12OP2/c13-15(14,11-7-3-1-4-8-11)12-9-5-2-6-10-12/h1-10H,14H2. The van der Waals surface area contributed by atoms with Crippen molar-refractivity contribution >= 4 is 26.4 Å². The van der Waals surface area contributed by atoms with E-state index in [9.17, 15) is 4.57 Å². The van der Waals surface area contributed by atoms with Crippen molar-refractivity contribution in [3.05, 3.63) is 60.7 Å². The van der Waals surface area contributed by atoms with Gasteiger partial charge < -0.3 is 4.57 Å². The van der Waals surface area contributed by atoms with Crippen LogP contribution in [-0.4, -0.2) is 0 Å². The van der Waals surface area contributed by atoms with Crippen molar-refractivity contribution in [2.75, 3.05) is 0 Å². The molecule has 2 rings (SSSR count). The van der Waals surface area contributed by atoms with Crippen LogP contribution in [0.3, 0.4) is 0 Å². The molecule has 0 aliphatic rings. The van der Waals surface area contributed by atoms with Crippen LogP contribution >= 0.6 is 15.8 Å². The lowest BCUT2D eigenvalue weighted by Crippen LogP contribution is -2.10. The van der Waals surface area contributed by atoms with Gasteiger partial charge in [-0.25, -0.2) is 0 Å². The Kier molecular flexibility index (Phi) is 3.05. The first kappa shape index (κ1) is 10.6. The molecule has 0 N–H and O–H groups in total. The largest absolute Gasteiger partial charge is 0.310 e. The van der Waals surface area contributed by atoms with Crippen molar-refractivity contribution in [1.29, 1.82) is 0 Å². The highest BCUT2D eigenvalue weighted by Gasteiger charge is 2.19. The minimum atomic E-state index is -2.48. The average Bonchev–Trinajstić information content (AvgIpc) is 2.31. The third kappa shape index (κ3) is 2.20. The number of benzene rings is 2. The summed E-state index contributed by atoms with van der Waals surface area (Å²) in [5, 5.41) is 1.75. The highest BCUT2D eigenvalue weighted by atomic mass is 32.0. The molecule has 1 nitrogen and oxygen atoms in total. The van der Waals surface area contributed by atoms with Gasteiger partial charge in [0.1, 0.15) is 0 Å². The molecule has 0 fully saturated rings. The van der Waals surface area contributed by atoms with Crippen molar-refractivity contribution in [3.63, 3.8) is 0 Å². The van der Waals surface area contributed by atoms with E-state index in [0.29, 0.717) is 0 Å². The summed E-state index contributed by atoms with van der Waals surface area (Å²) >= 11 is 0. The molecule has 2 aromatic carbocycles. The Morgan fingerprint density at radius 2 is 1.07 bits per heavy atom. The Balaban J connectivity index is 2.50. The van der Waals surface area contributed by atoms with E-state index < -0.39 is 6.83 Å². The number of hydrogen-bond donors (Lipinski definition) is 0. The van der Waals surface area contributed by atoms with Crippen molar-refractivity contribution in [2.45, 2.75) is 0 Å². The first-order valence-corrected chi connectivity index (χ1v) is 8.03. The predicted molar refractivity (Wildman–Crippen MR) is 69.5 cm³/mol. The van der Waals surface area contributed by atoms with E-state index in [1.807, 2.05) is 60.7 Å².